The summed E-state index contributed by atoms with van der Waals surface area (Å²) in [6, 6.07) is 13.6. The zero-order valence-electron chi connectivity index (χ0n) is 13.3. The standard InChI is InChI=1S/C19H24BrN/c1-5-14-10-11-16(12-15(14)6-2)19(21-4)17-8-7-9-18(20)13(17)3/h7-12,19,21H,5-6H2,1-4H3. The summed E-state index contributed by atoms with van der Waals surface area (Å²) < 4.78 is 1.17. The van der Waals surface area contributed by atoms with Crippen LogP contribution in [0, 0.1) is 6.92 Å². The highest BCUT2D eigenvalue weighted by Gasteiger charge is 2.16. The summed E-state index contributed by atoms with van der Waals surface area (Å²) in [6.45, 7) is 6.63. The first-order chi connectivity index (χ1) is 10.1. The van der Waals surface area contributed by atoms with Crippen molar-refractivity contribution in [3.63, 3.8) is 0 Å². The Morgan fingerprint density at radius 1 is 1.05 bits per heavy atom. The van der Waals surface area contributed by atoms with E-state index in [1.807, 2.05) is 7.05 Å². The first-order valence-corrected chi connectivity index (χ1v) is 8.45. The molecule has 2 heteroatoms. The molecule has 2 rings (SSSR count). The first-order valence-electron chi connectivity index (χ1n) is 7.66. The van der Waals surface area contributed by atoms with E-state index in [4.69, 9.17) is 0 Å². The molecule has 2 aromatic rings. The van der Waals surface area contributed by atoms with Crippen molar-refractivity contribution >= 4 is 15.9 Å². The second-order valence-electron chi connectivity index (χ2n) is 5.41. The van der Waals surface area contributed by atoms with E-state index in [2.05, 4.69) is 78.4 Å². The van der Waals surface area contributed by atoms with Gasteiger partial charge >= 0.3 is 0 Å². The Morgan fingerprint density at radius 2 is 1.76 bits per heavy atom. The maximum atomic E-state index is 3.64. The molecule has 1 atom stereocenters. The van der Waals surface area contributed by atoms with Crippen molar-refractivity contribution in [3.05, 3.63) is 68.7 Å². The zero-order valence-corrected chi connectivity index (χ0v) is 14.9. The minimum Gasteiger partial charge on any atom is -0.309 e. The average molecular weight is 346 g/mol. The molecule has 1 nitrogen and oxygen atoms in total. The van der Waals surface area contributed by atoms with Gasteiger partial charge < -0.3 is 5.32 Å². The van der Waals surface area contributed by atoms with Gasteiger partial charge in [-0.3, -0.25) is 0 Å². The highest BCUT2D eigenvalue weighted by atomic mass is 79.9. The molecule has 0 saturated carbocycles. The first kappa shape index (κ1) is 16.3. The smallest absolute Gasteiger partial charge is 0.0577 e. The third-order valence-corrected chi connectivity index (χ3v) is 5.09. The molecule has 0 aliphatic rings. The monoisotopic (exact) mass is 345 g/mol. The van der Waals surface area contributed by atoms with Crippen LogP contribution < -0.4 is 5.32 Å². The quantitative estimate of drug-likeness (QED) is 0.785. The summed E-state index contributed by atoms with van der Waals surface area (Å²) >= 11 is 3.64. The third-order valence-electron chi connectivity index (χ3n) is 4.23. The number of hydrogen-bond acceptors (Lipinski definition) is 1. The summed E-state index contributed by atoms with van der Waals surface area (Å²) in [5.41, 5.74) is 6.89. The summed E-state index contributed by atoms with van der Waals surface area (Å²) in [7, 11) is 2.03. The van der Waals surface area contributed by atoms with Crippen molar-refractivity contribution < 1.29 is 0 Å². The van der Waals surface area contributed by atoms with Crippen LogP contribution >= 0.6 is 15.9 Å². The highest BCUT2D eigenvalue weighted by molar-refractivity contribution is 9.10. The van der Waals surface area contributed by atoms with E-state index < -0.39 is 0 Å². The van der Waals surface area contributed by atoms with Crippen molar-refractivity contribution in [1.29, 1.82) is 0 Å². The molecule has 0 aliphatic carbocycles. The predicted molar refractivity (Wildman–Crippen MR) is 95.0 cm³/mol. The van der Waals surface area contributed by atoms with Gasteiger partial charge in [0, 0.05) is 4.47 Å². The van der Waals surface area contributed by atoms with Gasteiger partial charge in [0.25, 0.3) is 0 Å². The Labute approximate surface area is 136 Å². The SMILES string of the molecule is CCc1ccc(C(NC)c2cccc(Br)c2C)cc1CC. The second kappa shape index (κ2) is 7.24. The average Bonchev–Trinajstić information content (AvgIpc) is 2.51. The minimum absolute atomic E-state index is 0.235. The number of rotatable bonds is 5. The second-order valence-corrected chi connectivity index (χ2v) is 6.27. The van der Waals surface area contributed by atoms with Gasteiger partial charge in [0.1, 0.15) is 0 Å². The van der Waals surface area contributed by atoms with Crippen LogP contribution in [0.4, 0.5) is 0 Å². The minimum atomic E-state index is 0.235. The fourth-order valence-corrected chi connectivity index (χ4v) is 3.32. The molecule has 1 unspecified atom stereocenters. The molecule has 112 valence electrons. The largest absolute Gasteiger partial charge is 0.309 e. The van der Waals surface area contributed by atoms with Gasteiger partial charge in [-0.15, -0.1) is 0 Å². The van der Waals surface area contributed by atoms with Crippen LogP contribution in [0.2, 0.25) is 0 Å². The molecule has 1 N–H and O–H groups in total. The van der Waals surface area contributed by atoms with Gasteiger partial charge in [-0.2, -0.15) is 0 Å². The van der Waals surface area contributed by atoms with Crippen molar-refractivity contribution in [2.45, 2.75) is 39.7 Å². The van der Waals surface area contributed by atoms with Crippen LogP contribution in [-0.2, 0) is 12.8 Å². The van der Waals surface area contributed by atoms with E-state index in [1.54, 1.807) is 0 Å². The molecule has 0 radical (unpaired) electrons. The lowest BCUT2D eigenvalue weighted by Crippen LogP contribution is -2.19. The van der Waals surface area contributed by atoms with Gasteiger partial charge in [0.2, 0.25) is 0 Å². The zero-order chi connectivity index (χ0) is 15.4. The van der Waals surface area contributed by atoms with Crippen LogP contribution in [-0.4, -0.2) is 7.05 Å². The van der Waals surface area contributed by atoms with Gasteiger partial charge in [0.15, 0.2) is 0 Å². The lowest BCUT2D eigenvalue weighted by molar-refractivity contribution is 0.685. The number of aryl methyl sites for hydroxylation is 2. The molecular weight excluding hydrogens is 322 g/mol. The lowest BCUT2D eigenvalue weighted by atomic mass is 9.91. The number of benzene rings is 2. The molecule has 0 aromatic heterocycles. The van der Waals surface area contributed by atoms with Crippen molar-refractivity contribution in [2.75, 3.05) is 7.05 Å². The van der Waals surface area contributed by atoms with Gasteiger partial charge in [-0.1, -0.05) is 60.1 Å². The maximum Gasteiger partial charge on any atom is 0.0577 e. The van der Waals surface area contributed by atoms with Gasteiger partial charge in [-0.05, 0) is 60.7 Å². The molecule has 0 aliphatic heterocycles. The maximum absolute atomic E-state index is 3.64. The van der Waals surface area contributed by atoms with E-state index in [1.165, 1.54) is 32.3 Å². The number of nitrogens with one attached hydrogen (secondary N) is 1. The molecular formula is C19H24BrN. The van der Waals surface area contributed by atoms with E-state index >= 15 is 0 Å². The summed E-state index contributed by atoms with van der Waals surface area (Å²) in [5, 5.41) is 3.47. The summed E-state index contributed by atoms with van der Waals surface area (Å²) in [4.78, 5) is 0. The van der Waals surface area contributed by atoms with Crippen LogP contribution in [0.5, 0.6) is 0 Å². The molecule has 0 saturated heterocycles. The Morgan fingerprint density at radius 3 is 2.38 bits per heavy atom. The normalized spacial score (nSPS) is 12.4. The van der Waals surface area contributed by atoms with Crippen LogP contribution in [0.15, 0.2) is 40.9 Å². The van der Waals surface area contributed by atoms with Gasteiger partial charge in [-0.25, -0.2) is 0 Å². The van der Waals surface area contributed by atoms with Gasteiger partial charge in [0.05, 0.1) is 6.04 Å². The molecule has 0 heterocycles. The molecule has 2 aromatic carbocycles. The fraction of sp³-hybridized carbons (Fsp3) is 0.368. The van der Waals surface area contributed by atoms with Crippen molar-refractivity contribution in [1.82, 2.24) is 5.32 Å². The Hall–Kier alpha value is -1.12. The van der Waals surface area contributed by atoms with Crippen LogP contribution in [0.25, 0.3) is 0 Å². The topological polar surface area (TPSA) is 12.0 Å². The van der Waals surface area contributed by atoms with E-state index in [0.717, 1.165) is 12.8 Å². The highest BCUT2D eigenvalue weighted by Crippen LogP contribution is 2.30. The van der Waals surface area contributed by atoms with E-state index in [-0.39, 0.29) is 6.04 Å². The van der Waals surface area contributed by atoms with Crippen LogP contribution in [0.3, 0.4) is 0 Å². The molecule has 0 spiro atoms. The number of halogens is 1. The van der Waals surface area contributed by atoms with E-state index in [0.29, 0.717) is 0 Å². The molecule has 0 fully saturated rings. The van der Waals surface area contributed by atoms with Crippen molar-refractivity contribution in [2.24, 2.45) is 0 Å². The van der Waals surface area contributed by atoms with E-state index in [9.17, 15) is 0 Å². The number of hydrogen-bond donors (Lipinski definition) is 1. The lowest BCUT2D eigenvalue weighted by Gasteiger charge is -2.21. The Bertz CT molecular complexity index is 619. The van der Waals surface area contributed by atoms with Crippen molar-refractivity contribution in [3.8, 4) is 0 Å². The summed E-state index contributed by atoms with van der Waals surface area (Å²) in [6.07, 6.45) is 2.19. The summed E-state index contributed by atoms with van der Waals surface area (Å²) in [5.74, 6) is 0. The molecule has 0 bridgehead atoms. The fourth-order valence-electron chi connectivity index (χ4n) is 2.94. The Balaban J connectivity index is 2.49. The third kappa shape index (κ3) is 3.38. The van der Waals surface area contributed by atoms with Crippen LogP contribution in [0.1, 0.15) is 47.7 Å². The molecule has 21 heavy (non-hydrogen) atoms. The Kier molecular flexibility index (Phi) is 5.60. The predicted octanol–water partition coefficient (Wildman–Crippen LogP) is 5.19. The molecule has 0 amide bonds.